The van der Waals surface area contributed by atoms with Crippen molar-refractivity contribution >= 4 is 15.7 Å². The number of sulfonamides is 1. The zero-order valence-corrected chi connectivity index (χ0v) is 12.8. The van der Waals surface area contributed by atoms with Crippen LogP contribution in [0.4, 0.5) is 14.5 Å². The number of nitrogens with one attached hydrogen (secondary N) is 1. The van der Waals surface area contributed by atoms with E-state index in [9.17, 15) is 22.3 Å². The van der Waals surface area contributed by atoms with E-state index in [-0.39, 0.29) is 18.8 Å². The largest absolute Gasteiger partial charge is 0.399 e. The van der Waals surface area contributed by atoms with E-state index in [0.717, 1.165) is 6.07 Å². The number of nitrogens with zero attached hydrogens (tertiary/aromatic N) is 1. The summed E-state index contributed by atoms with van der Waals surface area (Å²) in [5, 5.41) is 10.0. The van der Waals surface area contributed by atoms with Gasteiger partial charge < -0.3 is 15.7 Å². The van der Waals surface area contributed by atoms with Gasteiger partial charge in [0.25, 0.3) is 0 Å². The molecule has 120 valence electrons. The third kappa shape index (κ3) is 4.88. The third-order valence-corrected chi connectivity index (χ3v) is 4.01. The number of rotatable bonds is 6. The number of halogens is 2. The summed E-state index contributed by atoms with van der Waals surface area (Å²) in [6, 6.07) is 1.51. The van der Waals surface area contributed by atoms with Gasteiger partial charge >= 0.3 is 0 Å². The summed E-state index contributed by atoms with van der Waals surface area (Å²) in [6.45, 7) is 1.25. The lowest BCUT2D eigenvalue weighted by Gasteiger charge is -2.27. The van der Waals surface area contributed by atoms with Gasteiger partial charge in [-0.05, 0) is 33.2 Å². The standard InChI is InChI=1S/C12H19F2N3O3S/c1-12(18,7-17(2)3)6-16-21(19,20)10-5-8(15)4-9(13)11(10)14/h4-5,16,18H,6-7,15H2,1-3H3. The quantitative estimate of drug-likeness (QED) is 0.647. The third-order valence-electron chi connectivity index (χ3n) is 2.61. The van der Waals surface area contributed by atoms with E-state index in [4.69, 9.17) is 5.73 Å². The molecule has 21 heavy (non-hydrogen) atoms. The van der Waals surface area contributed by atoms with Crippen LogP contribution in [0.15, 0.2) is 17.0 Å². The van der Waals surface area contributed by atoms with Crippen molar-refractivity contribution in [1.82, 2.24) is 9.62 Å². The molecule has 0 spiro atoms. The summed E-state index contributed by atoms with van der Waals surface area (Å²) in [5.74, 6) is -2.86. The molecule has 0 saturated carbocycles. The molecule has 9 heteroatoms. The molecule has 0 aliphatic heterocycles. The molecule has 0 aliphatic rings. The Kier molecular flexibility index (Phi) is 5.26. The number of nitrogens with two attached hydrogens (primary N) is 1. The van der Waals surface area contributed by atoms with Crippen LogP contribution in [0.2, 0.25) is 0 Å². The van der Waals surface area contributed by atoms with Gasteiger partial charge in [-0.3, -0.25) is 0 Å². The molecule has 0 radical (unpaired) electrons. The highest BCUT2D eigenvalue weighted by Gasteiger charge is 2.27. The first-order chi connectivity index (χ1) is 9.44. The molecule has 1 aromatic rings. The Balaban J connectivity index is 2.98. The minimum absolute atomic E-state index is 0.184. The second-order valence-corrected chi connectivity index (χ2v) is 7.11. The fraction of sp³-hybridized carbons (Fsp3) is 0.500. The molecule has 6 nitrogen and oxygen atoms in total. The van der Waals surface area contributed by atoms with Gasteiger partial charge in [0.2, 0.25) is 10.0 Å². The molecule has 0 bridgehead atoms. The molecule has 1 rings (SSSR count). The van der Waals surface area contributed by atoms with Crippen molar-refractivity contribution in [2.45, 2.75) is 17.4 Å². The minimum atomic E-state index is -4.33. The van der Waals surface area contributed by atoms with Gasteiger partial charge in [-0.25, -0.2) is 21.9 Å². The van der Waals surface area contributed by atoms with Crippen molar-refractivity contribution in [1.29, 1.82) is 0 Å². The monoisotopic (exact) mass is 323 g/mol. The summed E-state index contributed by atoms with van der Waals surface area (Å²) in [4.78, 5) is 0.773. The number of hydrogen-bond donors (Lipinski definition) is 3. The smallest absolute Gasteiger partial charge is 0.243 e. The van der Waals surface area contributed by atoms with Crippen LogP contribution in [-0.4, -0.2) is 51.2 Å². The molecule has 4 N–H and O–H groups in total. The summed E-state index contributed by atoms with van der Waals surface area (Å²) >= 11 is 0. The summed E-state index contributed by atoms with van der Waals surface area (Å²) in [5.41, 5.74) is 3.74. The van der Waals surface area contributed by atoms with Crippen LogP contribution in [0, 0.1) is 11.6 Å². The van der Waals surface area contributed by atoms with Crippen LogP contribution in [0.3, 0.4) is 0 Å². The van der Waals surface area contributed by atoms with Crippen molar-refractivity contribution < 1.29 is 22.3 Å². The molecular formula is C12H19F2N3O3S. The molecule has 0 aliphatic carbocycles. The maximum absolute atomic E-state index is 13.6. The van der Waals surface area contributed by atoms with Crippen molar-refractivity contribution in [3.8, 4) is 0 Å². The van der Waals surface area contributed by atoms with Gasteiger partial charge in [-0.1, -0.05) is 0 Å². The highest BCUT2D eigenvalue weighted by molar-refractivity contribution is 7.89. The number of benzene rings is 1. The van der Waals surface area contributed by atoms with Gasteiger partial charge in [0.15, 0.2) is 11.6 Å². The summed E-state index contributed by atoms with van der Waals surface area (Å²) < 4.78 is 52.8. The Morgan fingerprint density at radius 1 is 1.38 bits per heavy atom. The molecule has 0 aromatic heterocycles. The van der Waals surface area contributed by atoms with Crippen LogP contribution in [-0.2, 0) is 10.0 Å². The Bertz CT molecular complexity index is 618. The summed E-state index contributed by atoms with van der Waals surface area (Å²) in [7, 11) is -0.920. The first-order valence-corrected chi connectivity index (χ1v) is 7.54. The van der Waals surface area contributed by atoms with E-state index in [2.05, 4.69) is 0 Å². The van der Waals surface area contributed by atoms with Gasteiger partial charge in [0, 0.05) is 18.8 Å². The number of nitrogen functional groups attached to an aromatic ring is 1. The predicted octanol–water partition coefficient (Wildman–Crippen LogP) is 0.138. The van der Waals surface area contributed by atoms with Crippen molar-refractivity contribution in [2.75, 3.05) is 32.9 Å². The zero-order chi connectivity index (χ0) is 16.4. The van der Waals surface area contributed by atoms with E-state index in [1.807, 2.05) is 4.72 Å². The maximum Gasteiger partial charge on any atom is 0.243 e. The number of likely N-dealkylation sites (N-methyl/N-ethyl adjacent to an activating group) is 1. The molecule has 1 aromatic carbocycles. The lowest BCUT2D eigenvalue weighted by molar-refractivity contribution is 0.0386. The van der Waals surface area contributed by atoms with Crippen LogP contribution in [0.5, 0.6) is 0 Å². The van der Waals surface area contributed by atoms with Crippen LogP contribution in [0.25, 0.3) is 0 Å². The van der Waals surface area contributed by atoms with Crippen LogP contribution in [0.1, 0.15) is 6.92 Å². The number of aliphatic hydroxyl groups is 1. The van der Waals surface area contributed by atoms with E-state index in [0.29, 0.717) is 6.07 Å². The molecular weight excluding hydrogens is 304 g/mol. The summed E-state index contributed by atoms with van der Waals surface area (Å²) in [6.07, 6.45) is 0. The van der Waals surface area contributed by atoms with Crippen molar-refractivity contribution in [2.24, 2.45) is 0 Å². The Labute approximate surface area is 122 Å². The van der Waals surface area contributed by atoms with E-state index >= 15 is 0 Å². The first kappa shape index (κ1) is 17.8. The molecule has 0 fully saturated rings. The Morgan fingerprint density at radius 3 is 2.48 bits per heavy atom. The molecule has 1 atom stereocenters. The van der Waals surface area contributed by atoms with Gasteiger partial charge in [-0.15, -0.1) is 0 Å². The van der Waals surface area contributed by atoms with Crippen molar-refractivity contribution in [3.05, 3.63) is 23.8 Å². The zero-order valence-electron chi connectivity index (χ0n) is 12.0. The second-order valence-electron chi connectivity index (χ2n) is 5.37. The Morgan fingerprint density at radius 2 is 1.95 bits per heavy atom. The molecule has 1 unspecified atom stereocenters. The lowest BCUT2D eigenvalue weighted by atomic mass is 10.1. The fourth-order valence-corrected chi connectivity index (χ4v) is 3.13. The Hall–Kier alpha value is -1.29. The molecule has 0 saturated heterocycles. The van der Waals surface area contributed by atoms with Crippen molar-refractivity contribution in [3.63, 3.8) is 0 Å². The van der Waals surface area contributed by atoms with Gasteiger partial charge in [0.05, 0.1) is 5.60 Å². The average molecular weight is 323 g/mol. The fourth-order valence-electron chi connectivity index (χ4n) is 1.84. The minimum Gasteiger partial charge on any atom is -0.399 e. The highest BCUT2D eigenvalue weighted by Crippen LogP contribution is 2.21. The molecule has 0 amide bonds. The average Bonchev–Trinajstić information content (AvgIpc) is 2.30. The normalized spacial score (nSPS) is 15.2. The topological polar surface area (TPSA) is 95.7 Å². The first-order valence-electron chi connectivity index (χ1n) is 6.06. The van der Waals surface area contributed by atoms with Gasteiger partial charge in [-0.2, -0.15) is 0 Å². The maximum atomic E-state index is 13.6. The van der Waals surface area contributed by atoms with Gasteiger partial charge in [0.1, 0.15) is 4.90 Å². The van der Waals surface area contributed by atoms with Crippen LogP contribution < -0.4 is 10.5 Å². The number of hydrogen-bond acceptors (Lipinski definition) is 5. The molecule has 0 heterocycles. The number of anilines is 1. The van der Waals surface area contributed by atoms with E-state index in [1.54, 1.807) is 19.0 Å². The second kappa shape index (κ2) is 6.22. The van der Waals surface area contributed by atoms with E-state index < -0.39 is 32.2 Å². The van der Waals surface area contributed by atoms with E-state index in [1.165, 1.54) is 6.92 Å². The highest BCUT2D eigenvalue weighted by atomic mass is 32.2. The van der Waals surface area contributed by atoms with Crippen LogP contribution >= 0.6 is 0 Å². The predicted molar refractivity (Wildman–Crippen MR) is 75.1 cm³/mol. The lowest BCUT2D eigenvalue weighted by Crippen LogP contribution is -2.47. The SMILES string of the molecule is CN(C)CC(C)(O)CNS(=O)(=O)c1cc(N)cc(F)c1F.